The van der Waals surface area contributed by atoms with E-state index in [4.69, 9.17) is 4.74 Å². The summed E-state index contributed by atoms with van der Waals surface area (Å²) in [7, 11) is 1.48. The monoisotopic (exact) mass is 252 g/mol. The minimum absolute atomic E-state index is 0.193. The zero-order valence-electron chi connectivity index (χ0n) is 10.4. The predicted octanol–water partition coefficient (Wildman–Crippen LogP) is 2.60. The van der Waals surface area contributed by atoms with Gasteiger partial charge >= 0.3 is 0 Å². The molecule has 0 aliphatic rings. The zero-order chi connectivity index (χ0) is 13.2. The standard InChI is InChI=1S/C15H12N2O2/c1-19-15-16-13-9-11(10-5-3-2-4-6-10)7-8-12(13)14(18)17-15/h2-9H,1H3,(H,16,17,18). The second-order valence-electron chi connectivity index (χ2n) is 4.17. The minimum atomic E-state index is -0.193. The maximum atomic E-state index is 11.8. The van der Waals surface area contributed by atoms with Crippen LogP contribution in [0, 0.1) is 0 Å². The van der Waals surface area contributed by atoms with E-state index < -0.39 is 0 Å². The van der Waals surface area contributed by atoms with E-state index in [0.717, 1.165) is 11.1 Å². The molecule has 0 amide bonds. The Morgan fingerprint density at radius 1 is 1.05 bits per heavy atom. The molecule has 4 heteroatoms. The molecule has 2 aromatic carbocycles. The molecule has 0 atom stereocenters. The predicted molar refractivity (Wildman–Crippen MR) is 74.4 cm³/mol. The van der Waals surface area contributed by atoms with Crippen molar-refractivity contribution in [3.8, 4) is 17.1 Å². The van der Waals surface area contributed by atoms with Gasteiger partial charge in [0, 0.05) is 0 Å². The second kappa shape index (κ2) is 4.57. The van der Waals surface area contributed by atoms with E-state index >= 15 is 0 Å². The number of fused-ring (bicyclic) bond motifs is 1. The van der Waals surface area contributed by atoms with Gasteiger partial charge in [-0.05, 0) is 23.3 Å². The molecule has 0 radical (unpaired) electrons. The van der Waals surface area contributed by atoms with Crippen LogP contribution in [0.25, 0.3) is 22.0 Å². The number of methoxy groups -OCH3 is 1. The third-order valence-electron chi connectivity index (χ3n) is 2.99. The van der Waals surface area contributed by atoms with E-state index in [2.05, 4.69) is 9.97 Å². The summed E-state index contributed by atoms with van der Waals surface area (Å²) in [4.78, 5) is 18.7. The van der Waals surface area contributed by atoms with Gasteiger partial charge in [-0.1, -0.05) is 36.4 Å². The molecule has 4 nitrogen and oxygen atoms in total. The molecule has 0 aliphatic heterocycles. The van der Waals surface area contributed by atoms with Gasteiger partial charge in [0.25, 0.3) is 11.6 Å². The number of H-pyrrole nitrogens is 1. The summed E-state index contributed by atoms with van der Waals surface area (Å²) >= 11 is 0. The molecule has 1 N–H and O–H groups in total. The first-order chi connectivity index (χ1) is 9.28. The van der Waals surface area contributed by atoms with Crippen LogP contribution in [-0.2, 0) is 0 Å². The van der Waals surface area contributed by atoms with Crippen LogP contribution in [-0.4, -0.2) is 17.1 Å². The highest BCUT2D eigenvalue weighted by Crippen LogP contribution is 2.22. The third kappa shape index (κ3) is 2.08. The Morgan fingerprint density at radius 3 is 2.58 bits per heavy atom. The Morgan fingerprint density at radius 2 is 1.84 bits per heavy atom. The van der Waals surface area contributed by atoms with Gasteiger partial charge in [-0.25, -0.2) is 0 Å². The molecular formula is C15H12N2O2. The van der Waals surface area contributed by atoms with Gasteiger partial charge in [-0.2, -0.15) is 4.98 Å². The number of aromatic nitrogens is 2. The van der Waals surface area contributed by atoms with Crippen molar-refractivity contribution < 1.29 is 4.74 Å². The quantitative estimate of drug-likeness (QED) is 0.762. The molecule has 94 valence electrons. The average molecular weight is 252 g/mol. The Balaban J connectivity index is 2.23. The van der Waals surface area contributed by atoms with E-state index in [9.17, 15) is 4.79 Å². The van der Waals surface area contributed by atoms with E-state index in [1.54, 1.807) is 6.07 Å². The van der Waals surface area contributed by atoms with Gasteiger partial charge in [0.15, 0.2) is 0 Å². The Labute approximate surface area is 109 Å². The van der Waals surface area contributed by atoms with Crippen molar-refractivity contribution in [1.29, 1.82) is 0 Å². The number of hydrogen-bond donors (Lipinski definition) is 1. The molecule has 0 fully saturated rings. The van der Waals surface area contributed by atoms with Crippen LogP contribution < -0.4 is 10.3 Å². The first-order valence-corrected chi connectivity index (χ1v) is 5.91. The van der Waals surface area contributed by atoms with Gasteiger partial charge in [-0.15, -0.1) is 0 Å². The SMILES string of the molecule is COc1nc2cc(-c3ccccc3)ccc2c(=O)[nH]1. The summed E-state index contributed by atoms with van der Waals surface area (Å²) in [5.74, 6) is 0. The summed E-state index contributed by atoms with van der Waals surface area (Å²) in [6, 6.07) is 15.8. The Hall–Kier alpha value is -2.62. The third-order valence-corrected chi connectivity index (χ3v) is 2.99. The molecule has 0 bridgehead atoms. The van der Waals surface area contributed by atoms with Gasteiger partial charge in [0.1, 0.15) is 0 Å². The Kier molecular flexibility index (Phi) is 2.76. The summed E-state index contributed by atoms with van der Waals surface area (Å²) in [6.07, 6.45) is 0. The lowest BCUT2D eigenvalue weighted by Crippen LogP contribution is -2.09. The van der Waals surface area contributed by atoms with Crippen molar-refractivity contribution >= 4 is 10.9 Å². The number of aromatic amines is 1. The number of rotatable bonds is 2. The van der Waals surface area contributed by atoms with Crippen LogP contribution in [0.3, 0.4) is 0 Å². The maximum Gasteiger partial charge on any atom is 0.296 e. The highest BCUT2D eigenvalue weighted by atomic mass is 16.5. The van der Waals surface area contributed by atoms with Crippen molar-refractivity contribution in [1.82, 2.24) is 9.97 Å². The van der Waals surface area contributed by atoms with Crippen molar-refractivity contribution in [2.45, 2.75) is 0 Å². The number of hydrogen-bond acceptors (Lipinski definition) is 3. The lowest BCUT2D eigenvalue weighted by Gasteiger charge is -2.04. The largest absolute Gasteiger partial charge is 0.468 e. The highest BCUT2D eigenvalue weighted by Gasteiger charge is 2.05. The van der Waals surface area contributed by atoms with E-state index in [-0.39, 0.29) is 11.6 Å². The molecule has 19 heavy (non-hydrogen) atoms. The van der Waals surface area contributed by atoms with Gasteiger partial charge in [0.2, 0.25) is 0 Å². The lowest BCUT2D eigenvalue weighted by atomic mass is 10.0. The molecule has 0 saturated heterocycles. The molecule has 1 heterocycles. The van der Waals surface area contributed by atoms with Crippen molar-refractivity contribution in [3.05, 3.63) is 58.9 Å². The molecule has 0 saturated carbocycles. The molecule has 3 aromatic rings. The van der Waals surface area contributed by atoms with Crippen molar-refractivity contribution in [2.75, 3.05) is 7.11 Å². The minimum Gasteiger partial charge on any atom is -0.468 e. The van der Waals surface area contributed by atoms with E-state index in [0.29, 0.717) is 10.9 Å². The molecule has 3 rings (SSSR count). The van der Waals surface area contributed by atoms with Crippen LogP contribution in [0.1, 0.15) is 0 Å². The fourth-order valence-corrected chi connectivity index (χ4v) is 2.02. The van der Waals surface area contributed by atoms with Crippen LogP contribution in [0.4, 0.5) is 0 Å². The van der Waals surface area contributed by atoms with Crippen LogP contribution in [0.15, 0.2) is 53.3 Å². The van der Waals surface area contributed by atoms with Gasteiger partial charge < -0.3 is 4.74 Å². The normalized spacial score (nSPS) is 10.6. The first-order valence-electron chi connectivity index (χ1n) is 5.91. The fraction of sp³-hybridized carbons (Fsp3) is 0.0667. The molecule has 1 aromatic heterocycles. The van der Waals surface area contributed by atoms with Crippen molar-refractivity contribution in [3.63, 3.8) is 0 Å². The van der Waals surface area contributed by atoms with Crippen LogP contribution in [0.2, 0.25) is 0 Å². The van der Waals surface area contributed by atoms with Crippen molar-refractivity contribution in [2.24, 2.45) is 0 Å². The smallest absolute Gasteiger partial charge is 0.296 e. The van der Waals surface area contributed by atoms with E-state index in [1.165, 1.54) is 7.11 Å². The van der Waals surface area contributed by atoms with Gasteiger partial charge in [0.05, 0.1) is 18.0 Å². The highest BCUT2D eigenvalue weighted by molar-refractivity contribution is 5.83. The summed E-state index contributed by atoms with van der Waals surface area (Å²) in [6.45, 7) is 0. The number of nitrogens with zero attached hydrogens (tertiary/aromatic N) is 1. The zero-order valence-corrected chi connectivity index (χ0v) is 10.4. The number of benzene rings is 2. The van der Waals surface area contributed by atoms with Crippen LogP contribution >= 0.6 is 0 Å². The van der Waals surface area contributed by atoms with E-state index in [1.807, 2.05) is 42.5 Å². The maximum absolute atomic E-state index is 11.8. The molecular weight excluding hydrogens is 240 g/mol. The lowest BCUT2D eigenvalue weighted by molar-refractivity contribution is 0.380. The number of ether oxygens (including phenoxy) is 1. The fourth-order valence-electron chi connectivity index (χ4n) is 2.02. The second-order valence-corrected chi connectivity index (χ2v) is 4.17. The average Bonchev–Trinajstić information content (AvgIpc) is 2.47. The summed E-state index contributed by atoms with van der Waals surface area (Å²) < 4.78 is 4.98. The van der Waals surface area contributed by atoms with Gasteiger partial charge in [-0.3, -0.25) is 9.78 Å². The van der Waals surface area contributed by atoms with Crippen LogP contribution in [0.5, 0.6) is 6.01 Å². The topological polar surface area (TPSA) is 55.0 Å². The first kappa shape index (κ1) is 11.5. The number of nitrogens with one attached hydrogen (secondary N) is 1. The molecule has 0 aliphatic carbocycles. The molecule has 0 unspecified atom stereocenters. The summed E-state index contributed by atoms with van der Waals surface area (Å²) in [5, 5.41) is 0.556. The summed E-state index contributed by atoms with van der Waals surface area (Å²) in [5.41, 5.74) is 2.54. The molecule has 0 spiro atoms. The Bertz CT molecular complexity index is 779.